The molecule has 2 N–H and O–H groups in total. The Morgan fingerprint density at radius 1 is 1.39 bits per heavy atom. The summed E-state index contributed by atoms with van der Waals surface area (Å²) in [6.45, 7) is 2.52. The third kappa shape index (κ3) is 4.61. The summed E-state index contributed by atoms with van der Waals surface area (Å²) in [4.78, 5) is 22.2. The molecule has 0 aliphatic rings. The SMILES string of the molecule is COC(CNC(=O)C(C)(C)S(C)(=O)=O)CC(=O)O. The minimum atomic E-state index is -3.55. The van der Waals surface area contributed by atoms with Crippen molar-refractivity contribution in [2.45, 2.75) is 31.1 Å². The number of amides is 1. The van der Waals surface area contributed by atoms with Gasteiger partial charge in [-0.1, -0.05) is 0 Å². The molecular formula is C10H19NO6S. The third-order valence-electron chi connectivity index (χ3n) is 2.70. The first-order valence-corrected chi connectivity index (χ1v) is 7.14. The van der Waals surface area contributed by atoms with Gasteiger partial charge in [0.25, 0.3) is 0 Å². The topological polar surface area (TPSA) is 110 Å². The van der Waals surface area contributed by atoms with E-state index < -0.39 is 32.6 Å². The maximum absolute atomic E-state index is 11.7. The Labute approximate surface area is 106 Å². The number of sulfone groups is 1. The molecule has 0 bridgehead atoms. The number of ether oxygens (including phenoxy) is 1. The van der Waals surface area contributed by atoms with E-state index in [9.17, 15) is 18.0 Å². The molecule has 1 atom stereocenters. The number of nitrogens with one attached hydrogen (secondary N) is 1. The highest BCUT2D eigenvalue weighted by Gasteiger charge is 2.38. The van der Waals surface area contributed by atoms with Crippen LogP contribution < -0.4 is 5.32 Å². The summed E-state index contributed by atoms with van der Waals surface area (Å²) < 4.78 is 26.1. The Morgan fingerprint density at radius 2 is 1.89 bits per heavy atom. The van der Waals surface area contributed by atoms with Crippen molar-refractivity contribution >= 4 is 21.7 Å². The highest BCUT2D eigenvalue weighted by atomic mass is 32.2. The molecule has 0 rings (SSSR count). The van der Waals surface area contributed by atoms with Gasteiger partial charge in [-0.15, -0.1) is 0 Å². The molecule has 0 spiro atoms. The Kier molecular flexibility index (Phi) is 5.75. The second-order valence-corrected chi connectivity index (χ2v) is 7.01. The van der Waals surface area contributed by atoms with Crippen molar-refractivity contribution in [1.29, 1.82) is 0 Å². The van der Waals surface area contributed by atoms with Crippen LogP contribution in [0.15, 0.2) is 0 Å². The minimum absolute atomic E-state index is 0.0550. The van der Waals surface area contributed by atoms with Crippen LogP contribution in [0.25, 0.3) is 0 Å². The number of hydrogen-bond donors (Lipinski definition) is 2. The van der Waals surface area contributed by atoms with Crippen LogP contribution in [0, 0.1) is 0 Å². The molecule has 0 saturated heterocycles. The summed E-state index contributed by atoms with van der Waals surface area (Å²) in [5.41, 5.74) is 0. The maximum Gasteiger partial charge on any atom is 0.306 e. The zero-order valence-corrected chi connectivity index (χ0v) is 11.7. The van der Waals surface area contributed by atoms with Gasteiger partial charge < -0.3 is 15.2 Å². The number of methoxy groups -OCH3 is 1. The summed E-state index contributed by atoms with van der Waals surface area (Å²) in [5.74, 6) is -1.74. The standard InChI is InChI=1S/C10H19NO6S/c1-10(2,18(4,15)16)9(14)11-6-7(17-3)5-8(12)13/h7H,5-6H2,1-4H3,(H,11,14)(H,12,13). The predicted octanol–water partition coefficient (Wildman–Crippen LogP) is -0.584. The molecule has 0 aliphatic heterocycles. The van der Waals surface area contributed by atoms with Gasteiger partial charge >= 0.3 is 5.97 Å². The summed E-state index contributed by atoms with van der Waals surface area (Å²) in [6, 6.07) is 0. The Morgan fingerprint density at radius 3 is 2.22 bits per heavy atom. The molecule has 0 saturated carbocycles. The smallest absolute Gasteiger partial charge is 0.306 e. The van der Waals surface area contributed by atoms with Crippen molar-refractivity contribution in [2.75, 3.05) is 19.9 Å². The van der Waals surface area contributed by atoms with E-state index in [1.54, 1.807) is 0 Å². The highest BCUT2D eigenvalue weighted by molar-refractivity contribution is 7.92. The fourth-order valence-corrected chi connectivity index (χ4v) is 1.43. The number of carboxylic acid groups (broad SMARTS) is 1. The normalized spacial score (nSPS) is 14.0. The van der Waals surface area contributed by atoms with E-state index in [2.05, 4.69) is 5.32 Å². The van der Waals surface area contributed by atoms with Crippen LogP contribution in [0.5, 0.6) is 0 Å². The van der Waals surface area contributed by atoms with Crippen LogP contribution in [0.2, 0.25) is 0 Å². The van der Waals surface area contributed by atoms with Crippen molar-refractivity contribution in [3.8, 4) is 0 Å². The van der Waals surface area contributed by atoms with Crippen LogP contribution in [0.3, 0.4) is 0 Å². The van der Waals surface area contributed by atoms with E-state index in [4.69, 9.17) is 9.84 Å². The van der Waals surface area contributed by atoms with E-state index >= 15 is 0 Å². The van der Waals surface area contributed by atoms with Crippen LogP contribution in [-0.2, 0) is 24.2 Å². The van der Waals surface area contributed by atoms with E-state index in [0.717, 1.165) is 6.26 Å². The monoisotopic (exact) mass is 281 g/mol. The zero-order chi connectivity index (χ0) is 14.6. The van der Waals surface area contributed by atoms with Gasteiger partial charge in [0.1, 0.15) is 4.75 Å². The molecule has 0 aromatic heterocycles. The van der Waals surface area contributed by atoms with Crippen molar-refractivity contribution < 1.29 is 27.9 Å². The first-order valence-electron chi connectivity index (χ1n) is 5.25. The third-order valence-corrected chi connectivity index (χ3v) is 4.74. The lowest BCUT2D eigenvalue weighted by Gasteiger charge is -2.23. The fraction of sp³-hybridized carbons (Fsp3) is 0.800. The molecule has 8 heteroatoms. The molecule has 1 unspecified atom stereocenters. The van der Waals surface area contributed by atoms with Gasteiger partial charge in [-0.2, -0.15) is 0 Å². The van der Waals surface area contributed by atoms with Gasteiger partial charge in [0, 0.05) is 19.9 Å². The molecule has 0 fully saturated rings. The molecule has 0 aliphatic carbocycles. The maximum atomic E-state index is 11.7. The molecule has 18 heavy (non-hydrogen) atoms. The van der Waals surface area contributed by atoms with Crippen LogP contribution in [0.1, 0.15) is 20.3 Å². The Balaban J connectivity index is 4.55. The lowest BCUT2D eigenvalue weighted by molar-refractivity contribution is -0.140. The molecule has 0 aromatic carbocycles. The molecule has 7 nitrogen and oxygen atoms in total. The first-order chi connectivity index (χ1) is 8.02. The fourth-order valence-electron chi connectivity index (χ4n) is 1.02. The van der Waals surface area contributed by atoms with Crippen molar-refractivity contribution in [1.82, 2.24) is 5.32 Å². The van der Waals surface area contributed by atoms with Gasteiger partial charge in [-0.25, -0.2) is 8.42 Å². The number of hydrogen-bond acceptors (Lipinski definition) is 5. The van der Waals surface area contributed by atoms with Crippen molar-refractivity contribution in [2.24, 2.45) is 0 Å². The minimum Gasteiger partial charge on any atom is -0.481 e. The van der Waals surface area contributed by atoms with E-state index in [0.29, 0.717) is 0 Å². The lowest BCUT2D eigenvalue weighted by atomic mass is 10.2. The molecule has 0 radical (unpaired) electrons. The molecular weight excluding hydrogens is 262 g/mol. The van der Waals surface area contributed by atoms with Gasteiger partial charge in [0.2, 0.25) is 5.91 Å². The summed E-state index contributed by atoms with van der Waals surface area (Å²) in [6.07, 6.45) is 0.00933. The van der Waals surface area contributed by atoms with Gasteiger partial charge in [0.15, 0.2) is 9.84 Å². The van der Waals surface area contributed by atoms with E-state index in [-0.39, 0.29) is 13.0 Å². The van der Waals surface area contributed by atoms with E-state index in [1.165, 1.54) is 21.0 Å². The number of carbonyl (C=O) groups is 2. The van der Waals surface area contributed by atoms with Gasteiger partial charge in [-0.05, 0) is 13.8 Å². The van der Waals surface area contributed by atoms with Gasteiger partial charge in [-0.3, -0.25) is 9.59 Å². The lowest BCUT2D eigenvalue weighted by Crippen LogP contribution is -2.49. The summed E-state index contributed by atoms with van der Waals surface area (Å²) in [5, 5.41) is 11.0. The Hall–Kier alpha value is -1.15. The van der Waals surface area contributed by atoms with Crippen LogP contribution >= 0.6 is 0 Å². The second-order valence-electron chi connectivity index (χ2n) is 4.45. The second kappa shape index (κ2) is 6.14. The van der Waals surface area contributed by atoms with Crippen LogP contribution in [-0.4, -0.2) is 56.2 Å². The largest absolute Gasteiger partial charge is 0.481 e. The first kappa shape index (κ1) is 16.9. The zero-order valence-electron chi connectivity index (χ0n) is 10.9. The number of carboxylic acids is 1. The molecule has 0 heterocycles. The molecule has 106 valence electrons. The van der Waals surface area contributed by atoms with Crippen LogP contribution in [0.4, 0.5) is 0 Å². The molecule has 1 amide bonds. The van der Waals surface area contributed by atoms with E-state index in [1.807, 2.05) is 0 Å². The highest BCUT2D eigenvalue weighted by Crippen LogP contribution is 2.15. The average Bonchev–Trinajstić information content (AvgIpc) is 2.21. The number of aliphatic carboxylic acids is 1. The van der Waals surface area contributed by atoms with Crippen molar-refractivity contribution in [3.05, 3.63) is 0 Å². The quantitative estimate of drug-likeness (QED) is 0.646. The number of carbonyl (C=O) groups excluding carboxylic acids is 1. The predicted molar refractivity (Wildman–Crippen MR) is 65.0 cm³/mol. The number of rotatable bonds is 7. The molecule has 0 aromatic rings. The summed E-state index contributed by atoms with van der Waals surface area (Å²) >= 11 is 0. The average molecular weight is 281 g/mol. The van der Waals surface area contributed by atoms with Crippen molar-refractivity contribution in [3.63, 3.8) is 0 Å². The van der Waals surface area contributed by atoms with Gasteiger partial charge in [0.05, 0.1) is 12.5 Å². The Bertz CT molecular complexity index is 414. The summed E-state index contributed by atoms with van der Waals surface area (Å²) in [7, 11) is -2.23.